The molecule has 4 rings (SSSR count). The van der Waals surface area contributed by atoms with Crippen LogP contribution in [0.1, 0.15) is 86.4 Å². The van der Waals surface area contributed by atoms with Crippen molar-refractivity contribution >= 4 is 30.1 Å². The molecule has 0 spiro atoms. The van der Waals surface area contributed by atoms with Gasteiger partial charge < -0.3 is 24.6 Å². The largest absolute Gasteiger partial charge is 0.478 e. The smallest absolute Gasteiger partial charge is 0.335 e. The van der Waals surface area contributed by atoms with Crippen molar-refractivity contribution in [3.05, 3.63) is 47.7 Å². The zero-order valence-electron chi connectivity index (χ0n) is 27.1. The second kappa shape index (κ2) is 14.9. The fraction of sp³-hybridized carbons (Fsp3) is 0.559. The fourth-order valence-corrected chi connectivity index (χ4v) is 6.49. The first-order valence-corrected chi connectivity index (χ1v) is 16.0. The third-order valence-corrected chi connectivity index (χ3v) is 9.30. The van der Waals surface area contributed by atoms with Crippen molar-refractivity contribution in [1.82, 2.24) is 20.2 Å². The Morgan fingerprint density at radius 3 is 2.24 bits per heavy atom. The summed E-state index contributed by atoms with van der Waals surface area (Å²) in [6.07, 6.45) is 7.55. The fourth-order valence-electron chi connectivity index (χ4n) is 6.49. The highest BCUT2D eigenvalue weighted by atomic mass is 16.5. The Bertz CT molecular complexity index is 1380. The summed E-state index contributed by atoms with van der Waals surface area (Å²) in [7, 11) is 1.73. The van der Waals surface area contributed by atoms with Crippen molar-refractivity contribution < 1.29 is 38.7 Å². The van der Waals surface area contributed by atoms with Crippen LogP contribution in [0.3, 0.4) is 0 Å². The number of benzene rings is 1. The van der Waals surface area contributed by atoms with Gasteiger partial charge >= 0.3 is 5.97 Å². The maximum Gasteiger partial charge on any atom is 0.335 e. The molecule has 12 nitrogen and oxygen atoms in total. The molecular weight excluding hydrogens is 592 g/mol. The van der Waals surface area contributed by atoms with E-state index in [1.54, 1.807) is 35.0 Å². The molecule has 1 aromatic carbocycles. The van der Waals surface area contributed by atoms with E-state index in [4.69, 9.17) is 9.52 Å². The highest BCUT2D eigenvalue weighted by Crippen LogP contribution is 2.32. The number of amides is 4. The average molecular weight is 639 g/mol. The molecule has 2 aromatic rings. The van der Waals surface area contributed by atoms with Gasteiger partial charge in [0.25, 0.3) is 5.91 Å². The van der Waals surface area contributed by atoms with Gasteiger partial charge in [-0.1, -0.05) is 58.6 Å². The van der Waals surface area contributed by atoms with Crippen LogP contribution in [0, 0.1) is 17.3 Å². The van der Waals surface area contributed by atoms with E-state index in [2.05, 4.69) is 5.32 Å². The average Bonchev–Trinajstić information content (AvgIpc) is 3.74. The third kappa shape index (κ3) is 8.54. The number of piperidine rings is 1. The number of carbonyl (C=O) groups excluding carboxylic acids is 4. The van der Waals surface area contributed by atoms with Gasteiger partial charge in [-0.3, -0.25) is 24.4 Å². The maximum absolute atomic E-state index is 13.9. The second-order valence-electron chi connectivity index (χ2n) is 13.7. The quantitative estimate of drug-likeness (QED) is 0.176. The summed E-state index contributed by atoms with van der Waals surface area (Å²) in [5.41, 5.74) is 0.598. The van der Waals surface area contributed by atoms with Crippen LogP contribution < -0.4 is 5.32 Å². The molecule has 46 heavy (non-hydrogen) atoms. The first kappa shape index (κ1) is 34.7. The molecule has 2 fully saturated rings. The van der Waals surface area contributed by atoms with Crippen LogP contribution in [0.25, 0.3) is 11.3 Å². The Balaban J connectivity index is 1.36. The number of hydrogen-bond donors (Lipinski definition) is 3. The van der Waals surface area contributed by atoms with Crippen molar-refractivity contribution in [2.45, 2.75) is 77.8 Å². The Morgan fingerprint density at radius 2 is 1.67 bits per heavy atom. The minimum absolute atomic E-state index is 0.131. The number of hydrogen-bond acceptors (Lipinski definition) is 7. The van der Waals surface area contributed by atoms with Gasteiger partial charge in [-0.15, -0.1) is 0 Å². The SMILES string of the molecule is CN(C(=O)[C@@H](NC(=O)C(CC1CCCC1)CN(O)C=O)C(C)(C)C)C1CCN(C(=O)c2coc(-c3ccc(C(=O)O)cc3)c2)CC1. The molecule has 1 saturated heterocycles. The molecule has 1 aliphatic carbocycles. The lowest BCUT2D eigenvalue weighted by Crippen LogP contribution is -2.58. The molecule has 250 valence electrons. The van der Waals surface area contributed by atoms with Gasteiger partial charge in [0.1, 0.15) is 18.1 Å². The van der Waals surface area contributed by atoms with Gasteiger partial charge in [0.15, 0.2) is 0 Å². The monoisotopic (exact) mass is 638 g/mol. The van der Waals surface area contributed by atoms with E-state index in [0.717, 1.165) is 25.7 Å². The van der Waals surface area contributed by atoms with Crippen LogP contribution in [0.15, 0.2) is 41.0 Å². The number of hydroxylamine groups is 2. The van der Waals surface area contributed by atoms with Crippen molar-refractivity contribution in [3.8, 4) is 11.3 Å². The first-order chi connectivity index (χ1) is 21.8. The summed E-state index contributed by atoms with van der Waals surface area (Å²) < 4.78 is 5.61. The van der Waals surface area contributed by atoms with Crippen molar-refractivity contribution in [1.29, 1.82) is 0 Å². The van der Waals surface area contributed by atoms with Gasteiger partial charge in [-0.05, 0) is 48.8 Å². The second-order valence-corrected chi connectivity index (χ2v) is 13.7. The Morgan fingerprint density at radius 1 is 1.04 bits per heavy atom. The molecule has 3 N–H and O–H groups in total. The number of furan rings is 1. The van der Waals surface area contributed by atoms with Crippen LogP contribution in [0.5, 0.6) is 0 Å². The summed E-state index contributed by atoms with van der Waals surface area (Å²) >= 11 is 0. The Labute approximate surface area is 269 Å². The zero-order chi connectivity index (χ0) is 33.6. The molecule has 1 aromatic heterocycles. The minimum Gasteiger partial charge on any atom is -0.478 e. The molecule has 0 bridgehead atoms. The predicted octanol–water partition coefficient (Wildman–Crippen LogP) is 4.28. The summed E-state index contributed by atoms with van der Waals surface area (Å²) in [4.78, 5) is 66.3. The third-order valence-electron chi connectivity index (χ3n) is 9.30. The number of likely N-dealkylation sites (N-methyl/N-ethyl adjacent to an activating group) is 1. The van der Waals surface area contributed by atoms with E-state index in [9.17, 15) is 29.2 Å². The number of carboxylic acid groups (broad SMARTS) is 1. The molecule has 12 heteroatoms. The predicted molar refractivity (Wildman–Crippen MR) is 169 cm³/mol. The maximum atomic E-state index is 13.9. The van der Waals surface area contributed by atoms with E-state index in [0.29, 0.717) is 66.6 Å². The van der Waals surface area contributed by atoms with Crippen molar-refractivity contribution in [2.24, 2.45) is 17.3 Å². The molecule has 2 atom stereocenters. The summed E-state index contributed by atoms with van der Waals surface area (Å²) in [6.45, 7) is 6.40. The normalized spacial score (nSPS) is 17.3. The number of likely N-dealkylation sites (tertiary alicyclic amines) is 1. The van der Waals surface area contributed by atoms with Gasteiger partial charge in [-0.25, -0.2) is 9.86 Å². The van der Waals surface area contributed by atoms with Gasteiger partial charge in [0.2, 0.25) is 18.2 Å². The van der Waals surface area contributed by atoms with Crippen molar-refractivity contribution in [2.75, 3.05) is 26.7 Å². The number of aromatic carboxylic acids is 1. The lowest BCUT2D eigenvalue weighted by atomic mass is 9.84. The number of rotatable bonds is 12. The molecule has 1 unspecified atom stereocenters. The molecule has 1 aliphatic heterocycles. The number of carboxylic acids is 1. The molecule has 0 radical (unpaired) electrons. The zero-order valence-corrected chi connectivity index (χ0v) is 27.1. The number of carbonyl (C=O) groups is 5. The molecular formula is C34H46N4O8. The molecule has 4 amide bonds. The first-order valence-electron chi connectivity index (χ1n) is 16.0. The van der Waals surface area contributed by atoms with E-state index in [1.807, 2.05) is 20.8 Å². The van der Waals surface area contributed by atoms with Crippen LogP contribution in [0.4, 0.5) is 0 Å². The van der Waals surface area contributed by atoms with Crippen LogP contribution in [-0.2, 0) is 14.4 Å². The standard InChI is InChI=1S/C34H46N4O8/c1-34(2,3)29(35-30(40)25(19-38(45)21-39)17-22-7-5-6-8-22)32(42)36(4)27-13-15-37(16-14-27)31(41)26-18-28(46-20-26)23-9-11-24(12-10-23)33(43)44/h9-12,18,20-22,25,27,29,45H,5-8,13-17,19H2,1-4H3,(H,35,40)(H,43,44)/t25?,29-/m1/s1. The van der Waals surface area contributed by atoms with Gasteiger partial charge in [0, 0.05) is 31.7 Å². The lowest BCUT2D eigenvalue weighted by Gasteiger charge is -2.40. The molecule has 2 heterocycles. The van der Waals surface area contributed by atoms with Gasteiger partial charge in [0.05, 0.1) is 23.6 Å². The van der Waals surface area contributed by atoms with Crippen molar-refractivity contribution in [3.63, 3.8) is 0 Å². The highest BCUT2D eigenvalue weighted by Gasteiger charge is 2.39. The van der Waals surface area contributed by atoms with Crippen LogP contribution in [-0.4, -0.2) is 94.0 Å². The summed E-state index contributed by atoms with van der Waals surface area (Å²) in [5.74, 6) is -1.63. The Hall–Kier alpha value is -4.19. The van der Waals surface area contributed by atoms with E-state index < -0.39 is 23.3 Å². The highest BCUT2D eigenvalue weighted by molar-refractivity contribution is 5.95. The molecule has 2 aliphatic rings. The molecule has 1 saturated carbocycles. The lowest BCUT2D eigenvalue weighted by molar-refractivity contribution is -0.156. The minimum atomic E-state index is -1.02. The van der Waals surface area contributed by atoms with E-state index in [-0.39, 0.29) is 35.9 Å². The number of nitrogens with zero attached hydrogens (tertiary/aromatic N) is 3. The van der Waals surface area contributed by atoms with Crippen LogP contribution >= 0.6 is 0 Å². The topological polar surface area (TPSA) is 161 Å². The van der Waals surface area contributed by atoms with Crippen LogP contribution in [0.2, 0.25) is 0 Å². The number of nitrogens with one attached hydrogen (secondary N) is 1. The van der Waals surface area contributed by atoms with Gasteiger partial charge in [-0.2, -0.15) is 0 Å². The Kier molecular flexibility index (Phi) is 11.3. The van der Waals surface area contributed by atoms with E-state index >= 15 is 0 Å². The van der Waals surface area contributed by atoms with E-state index in [1.165, 1.54) is 18.4 Å². The summed E-state index contributed by atoms with van der Waals surface area (Å²) in [5, 5.41) is 22.5. The summed E-state index contributed by atoms with van der Waals surface area (Å²) in [6, 6.07) is 6.89.